The Balaban J connectivity index is 1.40. The first-order chi connectivity index (χ1) is 14.0. The van der Waals surface area contributed by atoms with E-state index in [-0.39, 0.29) is 30.7 Å². The second-order valence-electron chi connectivity index (χ2n) is 7.84. The first-order valence-corrected chi connectivity index (χ1v) is 10.3. The second-order valence-corrected chi connectivity index (χ2v) is 7.84. The molecule has 0 radical (unpaired) electrons. The summed E-state index contributed by atoms with van der Waals surface area (Å²) in [6, 6.07) is 6.40. The van der Waals surface area contributed by atoms with E-state index in [1.165, 1.54) is 12.1 Å². The average Bonchev–Trinajstić information content (AvgIpc) is 3.28. The van der Waals surface area contributed by atoms with Crippen molar-refractivity contribution in [1.82, 2.24) is 5.32 Å². The maximum absolute atomic E-state index is 12.1. The number of hydrogen-bond donors (Lipinski definition) is 4. The smallest absolute Gasteiger partial charge is 0.303 e. The zero-order chi connectivity index (χ0) is 20.6. The van der Waals surface area contributed by atoms with Crippen molar-refractivity contribution in [2.45, 2.75) is 50.7 Å². The van der Waals surface area contributed by atoms with Crippen molar-refractivity contribution in [3.63, 3.8) is 0 Å². The Morgan fingerprint density at radius 1 is 1.10 bits per heavy atom. The molecule has 4 atom stereocenters. The molecule has 3 rings (SSSR count). The van der Waals surface area contributed by atoms with Gasteiger partial charge in [0.05, 0.1) is 18.8 Å². The lowest BCUT2D eigenvalue weighted by Crippen LogP contribution is -2.38. The Labute approximate surface area is 171 Å². The van der Waals surface area contributed by atoms with Gasteiger partial charge in [-0.05, 0) is 62.3 Å². The number of carboxylic acid groups (broad SMARTS) is 1. The van der Waals surface area contributed by atoms with Crippen LogP contribution in [0.1, 0.15) is 38.5 Å². The zero-order valence-electron chi connectivity index (χ0n) is 16.5. The van der Waals surface area contributed by atoms with Crippen LogP contribution in [-0.2, 0) is 14.3 Å². The monoisotopic (exact) mass is 402 g/mol. The highest BCUT2D eigenvalue weighted by atomic mass is 16.5. The van der Waals surface area contributed by atoms with Gasteiger partial charge in [0.15, 0.2) is 0 Å². The number of carboxylic acids is 1. The lowest BCUT2D eigenvalue weighted by atomic mass is 9.77. The van der Waals surface area contributed by atoms with Crippen LogP contribution in [-0.4, -0.2) is 47.4 Å². The van der Waals surface area contributed by atoms with Crippen LogP contribution in [0.25, 0.3) is 0 Å². The number of nitrogens with one attached hydrogen (secondary N) is 2. The molecule has 7 nitrogen and oxygen atoms in total. The largest absolute Gasteiger partial charge is 0.508 e. The van der Waals surface area contributed by atoms with Crippen LogP contribution in [0, 0.1) is 11.8 Å². The number of fused-ring (bicyclic) bond motifs is 2. The molecule has 0 aromatic heterocycles. The number of aromatic hydroxyl groups is 1. The van der Waals surface area contributed by atoms with Gasteiger partial charge in [-0.15, -0.1) is 0 Å². The summed E-state index contributed by atoms with van der Waals surface area (Å²) in [6.45, 7) is 0.966. The maximum atomic E-state index is 12.1. The van der Waals surface area contributed by atoms with E-state index in [4.69, 9.17) is 9.84 Å². The Kier molecular flexibility index (Phi) is 7.66. The topological polar surface area (TPSA) is 108 Å². The highest BCUT2D eigenvalue weighted by molar-refractivity contribution is 5.92. The number of amides is 1. The standard InChI is InChI=1S/C22H30N2O5/c25-16-9-7-15(8-10-16)24-21(26)14-23-13-18-17(19-11-12-20(18)29-19)5-3-1-2-4-6-22(27)28/h1,3,7-10,17-20,23,25H,2,4-6,11-14H2,(H,24,26)(H,27,28)/b3-1-/t17-,18-,19-,20+/m1/s1. The van der Waals surface area contributed by atoms with E-state index in [9.17, 15) is 14.7 Å². The first-order valence-electron chi connectivity index (χ1n) is 10.3. The van der Waals surface area contributed by atoms with Gasteiger partial charge in [0.1, 0.15) is 5.75 Å². The van der Waals surface area contributed by atoms with Crippen molar-refractivity contribution in [2.24, 2.45) is 11.8 Å². The van der Waals surface area contributed by atoms with E-state index >= 15 is 0 Å². The van der Waals surface area contributed by atoms with E-state index in [0.29, 0.717) is 30.0 Å². The van der Waals surface area contributed by atoms with Gasteiger partial charge in [-0.3, -0.25) is 9.59 Å². The number of rotatable bonds is 11. The Hall–Kier alpha value is -2.38. The lowest BCUT2D eigenvalue weighted by Gasteiger charge is -2.27. The molecule has 4 N–H and O–H groups in total. The van der Waals surface area contributed by atoms with Gasteiger partial charge in [0.25, 0.3) is 0 Å². The normalized spacial score (nSPS) is 25.5. The minimum Gasteiger partial charge on any atom is -0.508 e. The number of benzene rings is 1. The number of phenols is 1. The van der Waals surface area contributed by atoms with Crippen LogP contribution < -0.4 is 10.6 Å². The Morgan fingerprint density at radius 2 is 1.83 bits per heavy atom. The number of carbonyl (C=O) groups is 2. The van der Waals surface area contributed by atoms with Gasteiger partial charge in [-0.25, -0.2) is 0 Å². The van der Waals surface area contributed by atoms with Gasteiger partial charge < -0.3 is 25.6 Å². The number of ether oxygens (including phenoxy) is 1. The summed E-state index contributed by atoms with van der Waals surface area (Å²) in [6.07, 6.45) is 9.55. The molecule has 2 aliphatic heterocycles. The number of carbonyl (C=O) groups excluding carboxylic acids is 1. The Bertz CT molecular complexity index is 718. The quantitative estimate of drug-likeness (QED) is 0.258. The molecule has 0 aliphatic carbocycles. The number of unbranched alkanes of at least 4 members (excludes halogenated alkanes) is 1. The fraction of sp³-hybridized carbons (Fsp3) is 0.545. The molecule has 158 valence electrons. The fourth-order valence-corrected chi connectivity index (χ4v) is 4.32. The number of allylic oxidation sites excluding steroid dienone is 2. The number of aliphatic carboxylic acids is 1. The molecule has 0 saturated carbocycles. The molecule has 1 aromatic carbocycles. The van der Waals surface area contributed by atoms with Gasteiger partial charge in [-0.1, -0.05) is 12.2 Å². The number of phenolic OH excluding ortho intramolecular Hbond substituents is 1. The van der Waals surface area contributed by atoms with Crippen LogP contribution in [0.4, 0.5) is 5.69 Å². The minimum atomic E-state index is -0.750. The molecule has 2 saturated heterocycles. The highest BCUT2D eigenvalue weighted by Crippen LogP contribution is 2.44. The molecule has 2 bridgehead atoms. The fourth-order valence-electron chi connectivity index (χ4n) is 4.32. The van der Waals surface area contributed by atoms with Gasteiger partial charge in [-0.2, -0.15) is 0 Å². The Morgan fingerprint density at radius 3 is 2.55 bits per heavy atom. The molecular formula is C22H30N2O5. The first kappa shape index (κ1) is 21.3. The van der Waals surface area contributed by atoms with Crippen LogP contribution >= 0.6 is 0 Å². The molecule has 2 fully saturated rings. The van der Waals surface area contributed by atoms with Crippen LogP contribution in [0.15, 0.2) is 36.4 Å². The average molecular weight is 402 g/mol. The molecule has 1 amide bonds. The molecule has 2 heterocycles. The van der Waals surface area contributed by atoms with Crippen LogP contribution in [0.2, 0.25) is 0 Å². The van der Waals surface area contributed by atoms with E-state index < -0.39 is 5.97 Å². The number of anilines is 1. The van der Waals surface area contributed by atoms with Crippen molar-refractivity contribution >= 4 is 17.6 Å². The molecule has 0 unspecified atom stereocenters. The SMILES string of the molecule is O=C(O)CCC/C=C\C[C@@H]1[C@@H](CNCC(=O)Nc2ccc(O)cc2)[C@@H]2CC[C@H]1O2. The maximum Gasteiger partial charge on any atom is 0.303 e. The van der Waals surface area contributed by atoms with Gasteiger partial charge in [0, 0.05) is 24.6 Å². The van der Waals surface area contributed by atoms with Gasteiger partial charge >= 0.3 is 5.97 Å². The summed E-state index contributed by atoms with van der Waals surface area (Å²) in [5, 5.41) is 24.0. The second kappa shape index (κ2) is 10.4. The zero-order valence-corrected chi connectivity index (χ0v) is 16.5. The summed E-state index contributed by atoms with van der Waals surface area (Å²) in [4.78, 5) is 22.7. The molecule has 2 aliphatic rings. The molecule has 0 spiro atoms. The highest BCUT2D eigenvalue weighted by Gasteiger charge is 2.47. The summed E-state index contributed by atoms with van der Waals surface area (Å²) in [7, 11) is 0. The van der Waals surface area contributed by atoms with Crippen molar-refractivity contribution in [3.05, 3.63) is 36.4 Å². The summed E-state index contributed by atoms with van der Waals surface area (Å²) < 4.78 is 6.10. The van der Waals surface area contributed by atoms with Crippen LogP contribution in [0.5, 0.6) is 5.75 Å². The molecule has 1 aromatic rings. The van der Waals surface area contributed by atoms with Crippen LogP contribution in [0.3, 0.4) is 0 Å². The molecule has 7 heteroatoms. The summed E-state index contributed by atoms with van der Waals surface area (Å²) in [5.41, 5.74) is 0.656. The predicted octanol–water partition coefficient (Wildman–Crippen LogP) is 2.92. The summed E-state index contributed by atoms with van der Waals surface area (Å²) in [5.74, 6) is 0.130. The number of hydrogen-bond acceptors (Lipinski definition) is 5. The lowest BCUT2D eigenvalue weighted by molar-refractivity contribution is -0.137. The molecule has 29 heavy (non-hydrogen) atoms. The van der Waals surface area contributed by atoms with E-state index in [1.54, 1.807) is 12.1 Å². The third-order valence-electron chi connectivity index (χ3n) is 5.74. The van der Waals surface area contributed by atoms with E-state index in [1.807, 2.05) is 0 Å². The van der Waals surface area contributed by atoms with Crippen molar-refractivity contribution < 1.29 is 24.5 Å². The van der Waals surface area contributed by atoms with Gasteiger partial charge in [0.2, 0.25) is 5.91 Å². The predicted molar refractivity (Wildman–Crippen MR) is 110 cm³/mol. The van der Waals surface area contributed by atoms with E-state index in [0.717, 1.165) is 32.2 Å². The third kappa shape index (κ3) is 6.30. The van der Waals surface area contributed by atoms with Crippen molar-refractivity contribution in [1.29, 1.82) is 0 Å². The minimum absolute atomic E-state index is 0.116. The third-order valence-corrected chi connectivity index (χ3v) is 5.74. The molecular weight excluding hydrogens is 372 g/mol. The van der Waals surface area contributed by atoms with E-state index in [2.05, 4.69) is 22.8 Å². The summed E-state index contributed by atoms with van der Waals surface area (Å²) >= 11 is 0. The van der Waals surface area contributed by atoms with Crippen molar-refractivity contribution in [3.8, 4) is 5.75 Å². The van der Waals surface area contributed by atoms with Crippen molar-refractivity contribution in [2.75, 3.05) is 18.4 Å².